The fourth-order valence-electron chi connectivity index (χ4n) is 3.84. The predicted octanol–water partition coefficient (Wildman–Crippen LogP) is 5.15. The van der Waals surface area contributed by atoms with Gasteiger partial charge in [-0.3, -0.25) is 28.6 Å². The quantitative estimate of drug-likeness (QED) is 0.0796. The van der Waals surface area contributed by atoms with Crippen LogP contribution in [-0.2, 0) is 38.1 Å². The molecule has 0 aliphatic rings. The molecule has 0 N–H and O–H groups in total. The predicted molar refractivity (Wildman–Crippen MR) is 156 cm³/mol. The van der Waals surface area contributed by atoms with Crippen molar-refractivity contribution >= 4 is 31.6 Å². The Kier molecular flexibility index (Phi) is 13.1. The van der Waals surface area contributed by atoms with Crippen molar-refractivity contribution in [2.75, 3.05) is 26.4 Å². The van der Waals surface area contributed by atoms with E-state index in [0.717, 1.165) is 48.5 Å². The topological polar surface area (TPSA) is 191 Å². The smallest absolute Gasteiger partial charge is 0.296 e. The summed E-state index contributed by atoms with van der Waals surface area (Å²) in [5.41, 5.74) is -1.46. The average Bonchev–Trinajstić information content (AvgIpc) is 2.93. The van der Waals surface area contributed by atoms with Gasteiger partial charge in [0.2, 0.25) is 0 Å². The van der Waals surface area contributed by atoms with Crippen LogP contribution in [-0.4, -0.2) is 64.3 Å². The minimum Gasteiger partial charge on any atom is -0.376 e. The zero-order valence-electron chi connectivity index (χ0n) is 24.6. The summed E-state index contributed by atoms with van der Waals surface area (Å²) in [6, 6.07) is 8.92. The van der Waals surface area contributed by atoms with Gasteiger partial charge in [0.05, 0.1) is 44.1 Å². The maximum atomic E-state index is 12.3. The highest BCUT2D eigenvalue weighted by atomic mass is 32.2. The molecule has 2 aromatic carbocycles. The van der Waals surface area contributed by atoms with Crippen LogP contribution in [0.1, 0.15) is 59.8 Å². The van der Waals surface area contributed by atoms with E-state index in [4.69, 9.17) is 17.8 Å². The zero-order chi connectivity index (χ0) is 32.3. The molecule has 0 aromatic heterocycles. The number of hydrogen-bond acceptors (Lipinski definition) is 12. The maximum Gasteiger partial charge on any atom is 0.296 e. The Hall–Kier alpha value is -3.02. The molecule has 0 saturated carbocycles. The molecule has 14 nitrogen and oxygen atoms in total. The lowest BCUT2D eigenvalue weighted by Gasteiger charge is -2.28. The van der Waals surface area contributed by atoms with Crippen molar-refractivity contribution in [2.24, 2.45) is 0 Å². The van der Waals surface area contributed by atoms with Gasteiger partial charge in [0.1, 0.15) is 0 Å². The SMILES string of the molecule is CC(C)(CCCOC(C)(C)CCCOS(=O)(=O)c1ccc([N+](=O)[O-])cc1)OCCCOS(=O)(=O)c1ccc([N+](=O)[O-])cc1. The van der Waals surface area contributed by atoms with E-state index >= 15 is 0 Å². The van der Waals surface area contributed by atoms with Crippen LogP contribution >= 0.6 is 0 Å². The summed E-state index contributed by atoms with van der Waals surface area (Å²) in [5.74, 6) is 0. The van der Waals surface area contributed by atoms with E-state index < -0.39 is 41.3 Å². The molecule has 43 heavy (non-hydrogen) atoms. The Morgan fingerprint density at radius 3 is 1.28 bits per heavy atom. The Balaban J connectivity index is 1.62. The lowest BCUT2D eigenvalue weighted by atomic mass is 10.0. The molecule has 240 valence electrons. The van der Waals surface area contributed by atoms with E-state index in [0.29, 0.717) is 38.7 Å². The number of nitro benzene ring substituents is 2. The van der Waals surface area contributed by atoms with Crippen molar-refractivity contribution in [1.29, 1.82) is 0 Å². The molecular weight excluding hydrogens is 608 g/mol. The van der Waals surface area contributed by atoms with Gasteiger partial charge in [0, 0.05) is 37.5 Å². The van der Waals surface area contributed by atoms with Gasteiger partial charge in [-0.05, 0) is 84.1 Å². The van der Waals surface area contributed by atoms with Gasteiger partial charge in [-0.15, -0.1) is 0 Å². The highest BCUT2D eigenvalue weighted by Gasteiger charge is 2.23. The maximum absolute atomic E-state index is 12.3. The summed E-state index contributed by atoms with van der Waals surface area (Å²) < 4.78 is 71.0. The first kappa shape index (κ1) is 36.2. The molecule has 0 saturated heterocycles. The third kappa shape index (κ3) is 12.6. The lowest BCUT2D eigenvalue weighted by molar-refractivity contribution is -0.385. The van der Waals surface area contributed by atoms with Gasteiger partial charge in [0.15, 0.2) is 0 Å². The van der Waals surface area contributed by atoms with E-state index in [9.17, 15) is 37.1 Å². The van der Waals surface area contributed by atoms with E-state index in [1.807, 2.05) is 27.7 Å². The van der Waals surface area contributed by atoms with Crippen LogP contribution in [0.3, 0.4) is 0 Å². The van der Waals surface area contributed by atoms with Crippen molar-refractivity contribution in [3.05, 3.63) is 68.8 Å². The van der Waals surface area contributed by atoms with Crippen LogP contribution in [0.25, 0.3) is 0 Å². The summed E-state index contributed by atoms with van der Waals surface area (Å²) in [4.78, 5) is 19.9. The molecule has 0 spiro atoms. The summed E-state index contributed by atoms with van der Waals surface area (Å²) >= 11 is 0. The standard InChI is InChI=1S/C27H38N2O12S2/c1-26(2,39-19-7-21-41-43(36,37)25-14-10-23(11-15-25)29(32)33)16-5-18-38-27(3,4)17-6-20-40-42(34,35)24-12-8-22(9-13-24)28(30)31/h8-15H,5-7,16-21H2,1-4H3. The number of nitro groups is 2. The second-order valence-corrected chi connectivity index (χ2v) is 14.1. The van der Waals surface area contributed by atoms with E-state index in [1.54, 1.807) is 0 Å². The third-order valence-electron chi connectivity index (χ3n) is 6.27. The molecule has 0 aliphatic heterocycles. The minimum absolute atomic E-state index is 0.0636. The minimum atomic E-state index is -4.04. The van der Waals surface area contributed by atoms with Crippen molar-refractivity contribution in [3.63, 3.8) is 0 Å². The first-order valence-corrected chi connectivity index (χ1v) is 16.3. The Bertz CT molecular complexity index is 1420. The Morgan fingerprint density at radius 2 is 0.907 bits per heavy atom. The van der Waals surface area contributed by atoms with Gasteiger partial charge in [-0.1, -0.05) is 0 Å². The number of ether oxygens (including phenoxy) is 2. The Labute approximate surface area is 251 Å². The number of nitrogens with zero attached hydrogens (tertiary/aromatic N) is 2. The van der Waals surface area contributed by atoms with Gasteiger partial charge in [-0.2, -0.15) is 16.8 Å². The van der Waals surface area contributed by atoms with Crippen molar-refractivity contribution in [3.8, 4) is 0 Å². The van der Waals surface area contributed by atoms with Crippen LogP contribution in [0, 0.1) is 20.2 Å². The molecule has 0 atom stereocenters. The molecule has 0 bridgehead atoms. The van der Waals surface area contributed by atoms with E-state index in [-0.39, 0.29) is 41.0 Å². The highest BCUT2D eigenvalue weighted by Crippen LogP contribution is 2.23. The largest absolute Gasteiger partial charge is 0.376 e. The van der Waals surface area contributed by atoms with Crippen molar-refractivity contribution in [1.82, 2.24) is 0 Å². The molecule has 0 amide bonds. The fourth-order valence-corrected chi connectivity index (χ4v) is 5.72. The summed E-state index contributed by atoms with van der Waals surface area (Å²) in [7, 11) is -8.06. The average molecular weight is 647 g/mol. The second kappa shape index (κ2) is 15.6. The highest BCUT2D eigenvalue weighted by molar-refractivity contribution is 7.87. The number of rotatable bonds is 20. The molecule has 16 heteroatoms. The van der Waals surface area contributed by atoms with Gasteiger partial charge in [-0.25, -0.2) is 0 Å². The molecule has 0 unspecified atom stereocenters. The zero-order valence-corrected chi connectivity index (χ0v) is 26.2. The monoisotopic (exact) mass is 646 g/mol. The lowest BCUT2D eigenvalue weighted by Crippen LogP contribution is -2.28. The van der Waals surface area contributed by atoms with E-state index in [1.165, 1.54) is 0 Å². The first-order chi connectivity index (χ1) is 19.9. The first-order valence-electron chi connectivity index (χ1n) is 13.5. The van der Waals surface area contributed by atoms with Gasteiger partial charge in [0.25, 0.3) is 31.6 Å². The molecule has 0 heterocycles. The van der Waals surface area contributed by atoms with Crippen LogP contribution in [0.5, 0.6) is 0 Å². The van der Waals surface area contributed by atoms with Crippen LogP contribution < -0.4 is 0 Å². The molecule has 0 radical (unpaired) electrons. The third-order valence-corrected chi connectivity index (χ3v) is 8.92. The van der Waals surface area contributed by atoms with Crippen LogP contribution in [0.4, 0.5) is 11.4 Å². The molecule has 0 fully saturated rings. The fraction of sp³-hybridized carbons (Fsp3) is 0.556. The van der Waals surface area contributed by atoms with E-state index in [2.05, 4.69) is 0 Å². The Morgan fingerprint density at radius 1 is 0.581 bits per heavy atom. The molecule has 2 aromatic rings. The van der Waals surface area contributed by atoms with Crippen molar-refractivity contribution < 1.29 is 44.5 Å². The second-order valence-electron chi connectivity index (χ2n) is 10.8. The molecule has 2 rings (SSSR count). The van der Waals surface area contributed by atoms with Gasteiger partial charge < -0.3 is 9.47 Å². The van der Waals surface area contributed by atoms with Gasteiger partial charge >= 0.3 is 0 Å². The van der Waals surface area contributed by atoms with Crippen LogP contribution in [0.15, 0.2) is 58.3 Å². The summed E-state index contributed by atoms with van der Waals surface area (Å²) in [5, 5.41) is 21.4. The number of benzene rings is 2. The normalized spacial score (nSPS) is 12.7. The molecule has 0 aliphatic carbocycles. The number of non-ortho nitro benzene ring substituents is 2. The summed E-state index contributed by atoms with van der Waals surface area (Å²) in [6.07, 6.45) is 2.62. The summed E-state index contributed by atoms with van der Waals surface area (Å²) in [6.45, 7) is 8.15. The number of hydrogen-bond donors (Lipinski definition) is 0. The van der Waals surface area contributed by atoms with Crippen LogP contribution in [0.2, 0.25) is 0 Å². The molecular formula is C27H38N2O12S2. The van der Waals surface area contributed by atoms with Crippen molar-refractivity contribution in [2.45, 2.75) is 80.8 Å².